The highest BCUT2D eigenvalue weighted by Gasteiger charge is 2.46. The van der Waals surface area contributed by atoms with E-state index < -0.39 is 0 Å². The molecule has 0 aromatic heterocycles. The second-order valence-electron chi connectivity index (χ2n) is 25.7. The van der Waals surface area contributed by atoms with Crippen LogP contribution in [0.5, 0.6) is 34.5 Å². The van der Waals surface area contributed by atoms with E-state index in [2.05, 4.69) is 146 Å². The molecule has 0 spiro atoms. The zero-order valence-electron chi connectivity index (χ0n) is 54.1. The van der Waals surface area contributed by atoms with Gasteiger partial charge in [-0.3, -0.25) is 4.79 Å². The Morgan fingerprint density at radius 1 is 0.393 bits per heavy atom. The zero-order valence-corrected chi connectivity index (χ0v) is 54.1. The highest BCUT2D eigenvalue weighted by Crippen LogP contribution is 2.55. The lowest BCUT2D eigenvalue weighted by Gasteiger charge is -2.24. The molecule has 2 saturated carbocycles. The first kappa shape index (κ1) is 123. The summed E-state index contributed by atoms with van der Waals surface area (Å²) >= 11 is 0. The highest BCUT2D eigenvalue weighted by molar-refractivity contribution is 5.74. The maximum atomic E-state index is 10.7. The molecule has 0 amide bonds. The van der Waals surface area contributed by atoms with Gasteiger partial charge in [0.2, 0.25) is 0 Å². The van der Waals surface area contributed by atoms with Crippen molar-refractivity contribution >= 4 is 6.29 Å². The Kier molecular flexibility index (Phi) is 69.1. The first-order chi connectivity index (χ1) is 43.0. The number of hydrogen-bond donors (Lipinski definition) is 4. The monoisotopic (exact) mass is 1490 g/mol. The van der Waals surface area contributed by atoms with Crippen LogP contribution in [-0.4, -0.2) is 46.2 Å². The molecule has 1 saturated heterocycles. The van der Waals surface area contributed by atoms with Crippen molar-refractivity contribution in [2.24, 2.45) is 0 Å². The van der Waals surface area contributed by atoms with Crippen molar-refractivity contribution < 1.29 is 39.4 Å². The van der Waals surface area contributed by atoms with Crippen LogP contribution in [-0.2, 0) is 15.6 Å². The molecule has 1 aliphatic heterocycles. The van der Waals surface area contributed by atoms with E-state index in [0.717, 1.165) is 74.9 Å². The van der Waals surface area contributed by atoms with Crippen LogP contribution in [0.15, 0.2) is 194 Å². The van der Waals surface area contributed by atoms with E-state index in [1.54, 1.807) is 36.4 Å². The van der Waals surface area contributed by atoms with Crippen molar-refractivity contribution in [1.29, 1.82) is 0 Å². The van der Waals surface area contributed by atoms with Crippen LogP contribution < -0.4 is 9.47 Å². The van der Waals surface area contributed by atoms with E-state index in [4.69, 9.17) is 14.2 Å². The number of aldehydes is 1. The van der Waals surface area contributed by atoms with Crippen LogP contribution in [0.3, 0.4) is 0 Å². The van der Waals surface area contributed by atoms with Gasteiger partial charge in [0.1, 0.15) is 40.8 Å². The Morgan fingerprint density at radius 2 is 0.692 bits per heavy atom. The summed E-state index contributed by atoms with van der Waals surface area (Å²) < 4.78 is 17.1. The molecule has 11 rings (SSSR count). The number of hydrogen-bond acceptors (Lipinski definition) is 8. The number of phenolic OH excluding ortho intramolecular Hbond substituents is 4. The molecule has 1 heterocycles. The summed E-state index contributed by atoms with van der Waals surface area (Å²) in [4.78, 5) is 10.7. The lowest BCUT2D eigenvalue weighted by Crippen LogP contribution is -2.24. The lowest BCUT2D eigenvalue weighted by molar-refractivity contribution is -0.105. The smallest absolute Gasteiger partial charge is 0.199 e. The molecule has 2 aliphatic carbocycles. The summed E-state index contributed by atoms with van der Waals surface area (Å²) in [6.45, 7) is 19.2. The minimum absolute atomic E-state index is 0. The van der Waals surface area contributed by atoms with Crippen LogP contribution in [0.25, 0.3) is 0 Å². The molecular weight excluding hydrogens is 1320 g/mol. The van der Waals surface area contributed by atoms with Gasteiger partial charge in [0.05, 0.1) is 13.2 Å². The number of phenols is 4. The highest BCUT2D eigenvalue weighted by atomic mass is 16.7. The standard InChI is InChI=1S/C23H28O3.C20H26O2.C19H22O2.C19H22O.18CH4/c1-17(16-23(13-14-23)19-7-9-20(24)10-8-19)18-5-11-21(12-6-18)26-22-4-2-3-15-25-22;1-4-16(18-6-10-19(21)11-7-18)14-15(3)17-8-12-20(13-9-17)22-5-2;1-3-16(18-8-10-19(21)11-9-18)12-14(2)17-6-4-15(13-20)5-7-17;1-14-3-5-16(6-4-14)15(2)13-19(11-12-19)17-7-9-18(20)10-8-17;;;;;;;;;;;;;;;;;;/h5-12,17,22,24H,2-4,13-16H2,1H3;6-13,15-16,21H,4-5,14H2,1-3H3;4-11,13-14,16,21H,3,12H2,1-2H3;3-10,15,20H,11-13H2,1-2H3;18*1H4. The van der Waals surface area contributed by atoms with Crippen LogP contribution in [0.1, 0.15) is 362 Å². The lowest BCUT2D eigenvalue weighted by atomic mass is 9.83. The van der Waals surface area contributed by atoms with Gasteiger partial charge in [0.15, 0.2) is 6.29 Å². The van der Waals surface area contributed by atoms with Crippen LogP contribution in [0.2, 0.25) is 0 Å². The first-order valence-corrected chi connectivity index (χ1v) is 32.9. The topological polar surface area (TPSA) is 126 Å². The Bertz CT molecular complexity index is 3330. The Balaban J connectivity index is -0.000000121. The summed E-state index contributed by atoms with van der Waals surface area (Å²) in [5, 5.41) is 37.8. The minimum atomic E-state index is -0.0868. The second-order valence-corrected chi connectivity index (χ2v) is 25.7. The van der Waals surface area contributed by atoms with Crippen LogP contribution in [0, 0.1) is 6.92 Å². The van der Waals surface area contributed by atoms with Crippen molar-refractivity contribution in [3.63, 3.8) is 0 Å². The average molecular weight is 1490 g/mol. The summed E-state index contributed by atoms with van der Waals surface area (Å²) in [7, 11) is 0. The van der Waals surface area contributed by atoms with Gasteiger partial charge in [-0.15, -0.1) is 0 Å². The third-order valence-electron chi connectivity index (χ3n) is 19.0. The molecule has 8 nitrogen and oxygen atoms in total. The molecule has 8 aromatic rings. The quantitative estimate of drug-likeness (QED) is 0.0467. The maximum absolute atomic E-state index is 10.7. The fraction of sp³-hybridized carbons (Fsp3) is 0.505. The van der Waals surface area contributed by atoms with Gasteiger partial charge in [-0.05, 0) is 255 Å². The summed E-state index contributed by atoms with van der Waals surface area (Å²) in [6, 6.07) is 64.4. The predicted molar refractivity (Wildman–Crippen MR) is 485 cm³/mol. The van der Waals surface area contributed by atoms with Gasteiger partial charge in [-0.25, -0.2) is 0 Å². The molecule has 7 unspecified atom stereocenters. The van der Waals surface area contributed by atoms with Crippen LogP contribution >= 0.6 is 0 Å². The van der Waals surface area contributed by atoms with Gasteiger partial charge >= 0.3 is 0 Å². The second kappa shape index (κ2) is 60.1. The normalized spacial score (nSPS) is 14.3. The molecule has 3 fully saturated rings. The Labute approximate surface area is 664 Å². The van der Waals surface area contributed by atoms with Gasteiger partial charge in [0, 0.05) is 12.0 Å². The molecule has 4 N–H and O–H groups in total. The number of benzene rings is 8. The van der Waals surface area contributed by atoms with Gasteiger partial charge in [-0.2, -0.15) is 0 Å². The average Bonchev–Trinajstić information content (AvgIpc) is 1.62. The van der Waals surface area contributed by atoms with E-state index in [1.807, 2.05) is 67.6 Å². The number of aryl methyl sites for hydroxylation is 1. The maximum Gasteiger partial charge on any atom is 0.199 e. The van der Waals surface area contributed by atoms with Crippen molar-refractivity contribution in [2.45, 2.75) is 325 Å². The molecule has 3 aliphatic rings. The molecule has 0 bridgehead atoms. The fourth-order valence-corrected chi connectivity index (χ4v) is 12.9. The van der Waals surface area contributed by atoms with Crippen molar-refractivity contribution in [3.8, 4) is 34.5 Å². The molecule has 614 valence electrons. The molecule has 7 atom stereocenters. The predicted octanol–water partition coefficient (Wildman–Crippen LogP) is 32.3. The van der Waals surface area contributed by atoms with E-state index in [1.165, 1.54) is 88.6 Å². The summed E-state index contributed by atoms with van der Waals surface area (Å²) in [5.41, 5.74) is 13.4. The van der Waals surface area contributed by atoms with E-state index in [0.29, 0.717) is 70.5 Å². The van der Waals surface area contributed by atoms with Crippen molar-refractivity contribution in [1.82, 2.24) is 0 Å². The number of carbonyl (C=O) groups excluding carboxylic acids is 1. The molecule has 107 heavy (non-hydrogen) atoms. The molecule has 8 heteroatoms. The van der Waals surface area contributed by atoms with Crippen LogP contribution in [0.4, 0.5) is 0 Å². The SMILES string of the molecule is C.C.C.C.C.C.C.C.C.C.C.C.C.C.C.C.C.C.CC(CC1(c2ccc(O)cc2)CC1)c1ccc(OC2CCCCO2)cc1.CCC(CC(C)c1ccc(C=O)cc1)c1ccc(O)cc1.CCOc1ccc(C(C)CC(CC)c2ccc(O)cc2)cc1.Cc1ccc(C(C)CC2(c3ccc(O)cc3)CC2)cc1. The minimum Gasteiger partial charge on any atom is -0.508 e. The number of ether oxygens (including phenoxy) is 3. The van der Waals surface area contributed by atoms with Gasteiger partial charge < -0.3 is 34.6 Å². The number of carbonyl (C=O) groups is 1. The fourth-order valence-electron chi connectivity index (χ4n) is 12.9. The zero-order chi connectivity index (χ0) is 63.3. The van der Waals surface area contributed by atoms with E-state index >= 15 is 0 Å². The number of rotatable bonds is 23. The first-order valence-electron chi connectivity index (χ1n) is 32.9. The largest absolute Gasteiger partial charge is 0.508 e. The number of aromatic hydroxyl groups is 4. The molecular formula is C99H170O8. The summed E-state index contributed by atoms with van der Waals surface area (Å²) in [6.07, 6.45) is 15.8. The third-order valence-corrected chi connectivity index (χ3v) is 19.0. The van der Waals surface area contributed by atoms with E-state index in [-0.39, 0.29) is 145 Å². The third kappa shape index (κ3) is 36.8. The Morgan fingerprint density at radius 3 is 0.991 bits per heavy atom. The molecule has 8 aromatic carbocycles. The van der Waals surface area contributed by atoms with Crippen molar-refractivity contribution in [3.05, 3.63) is 250 Å². The molecule has 0 radical (unpaired) electrons. The van der Waals surface area contributed by atoms with E-state index in [9.17, 15) is 25.2 Å². The van der Waals surface area contributed by atoms with Crippen molar-refractivity contribution in [2.75, 3.05) is 13.2 Å². The van der Waals surface area contributed by atoms with Gasteiger partial charge in [-0.1, -0.05) is 302 Å². The summed E-state index contributed by atoms with van der Waals surface area (Å²) in [5.74, 6) is 6.16. The van der Waals surface area contributed by atoms with Gasteiger partial charge in [0.25, 0.3) is 0 Å². The Hall–Kier alpha value is -7.81.